The summed E-state index contributed by atoms with van der Waals surface area (Å²) in [6, 6.07) is 5.27. The monoisotopic (exact) mass is 394 g/mol. The van der Waals surface area contributed by atoms with Gasteiger partial charge in [-0.2, -0.15) is 11.8 Å². The molecule has 1 rings (SSSR count). The van der Waals surface area contributed by atoms with Crippen molar-refractivity contribution < 1.29 is 4.92 Å². The largest absolute Gasteiger partial charge is 0.379 e. The molecule has 0 radical (unpaired) electrons. The maximum Gasteiger partial charge on any atom is 0.293 e. The van der Waals surface area contributed by atoms with Crippen LogP contribution >= 0.6 is 34.4 Å². The van der Waals surface area contributed by atoms with Crippen molar-refractivity contribution >= 4 is 45.7 Å². The second-order valence-electron chi connectivity index (χ2n) is 4.25. The fourth-order valence-electron chi connectivity index (χ4n) is 1.75. The van der Waals surface area contributed by atoms with Gasteiger partial charge in [0.15, 0.2) is 0 Å². The van der Waals surface area contributed by atoms with E-state index in [1.165, 1.54) is 25.0 Å². The van der Waals surface area contributed by atoms with Crippen LogP contribution in [0, 0.1) is 13.7 Å². The van der Waals surface area contributed by atoms with E-state index in [0.717, 1.165) is 16.5 Å². The molecule has 0 saturated heterocycles. The van der Waals surface area contributed by atoms with Crippen LogP contribution < -0.4 is 5.32 Å². The van der Waals surface area contributed by atoms with E-state index in [4.69, 9.17) is 0 Å². The van der Waals surface area contributed by atoms with Crippen LogP contribution in [0.5, 0.6) is 0 Å². The molecule has 0 bridgehead atoms. The summed E-state index contributed by atoms with van der Waals surface area (Å²) in [7, 11) is 0. The fourth-order valence-corrected chi connectivity index (χ4v) is 2.72. The molecule has 0 amide bonds. The van der Waals surface area contributed by atoms with Crippen LogP contribution in [0.2, 0.25) is 0 Å². The lowest BCUT2D eigenvalue weighted by atomic mass is 10.2. The maximum absolute atomic E-state index is 10.9. The van der Waals surface area contributed by atoms with Crippen molar-refractivity contribution in [1.82, 2.24) is 0 Å². The number of rotatable bonds is 9. The van der Waals surface area contributed by atoms with Gasteiger partial charge in [0.25, 0.3) is 5.69 Å². The van der Waals surface area contributed by atoms with E-state index in [2.05, 4.69) is 34.2 Å². The normalized spacial score (nSPS) is 10.4. The molecule has 0 heterocycles. The van der Waals surface area contributed by atoms with Crippen LogP contribution in [0.3, 0.4) is 0 Å². The number of nitrogens with one attached hydrogen (secondary N) is 1. The topological polar surface area (TPSA) is 55.2 Å². The van der Waals surface area contributed by atoms with Gasteiger partial charge in [-0.15, -0.1) is 0 Å². The first-order valence-corrected chi connectivity index (χ1v) is 8.79. The second-order valence-corrected chi connectivity index (χ2v) is 6.48. The Bertz CT molecular complexity index is 416. The van der Waals surface area contributed by atoms with Crippen LogP contribution in [-0.2, 0) is 0 Å². The molecular weight excluding hydrogens is 375 g/mol. The number of nitro groups is 1. The van der Waals surface area contributed by atoms with E-state index in [1.807, 2.05) is 17.8 Å². The minimum Gasteiger partial charge on any atom is -0.379 e. The predicted octanol–water partition coefficient (Wildman–Crippen LogP) is 4.53. The number of anilines is 1. The van der Waals surface area contributed by atoms with E-state index in [-0.39, 0.29) is 10.6 Å². The highest BCUT2D eigenvalue weighted by atomic mass is 127. The molecule has 0 fully saturated rings. The summed E-state index contributed by atoms with van der Waals surface area (Å²) >= 11 is 3.96. The molecule has 0 aliphatic heterocycles. The van der Waals surface area contributed by atoms with E-state index < -0.39 is 0 Å². The van der Waals surface area contributed by atoms with Crippen LogP contribution in [-0.4, -0.2) is 23.5 Å². The van der Waals surface area contributed by atoms with Gasteiger partial charge in [-0.1, -0.05) is 12.8 Å². The Morgan fingerprint density at radius 2 is 2.05 bits per heavy atom. The number of benzene rings is 1. The summed E-state index contributed by atoms with van der Waals surface area (Å²) in [6.45, 7) is 0.792. The van der Waals surface area contributed by atoms with Crippen LogP contribution in [0.4, 0.5) is 11.4 Å². The SMILES string of the molecule is CSCCCCCCNc1ccc(I)cc1[N+](=O)[O-]. The quantitative estimate of drug-likeness (QED) is 0.289. The van der Waals surface area contributed by atoms with Crippen molar-refractivity contribution in [2.24, 2.45) is 0 Å². The van der Waals surface area contributed by atoms with Crippen molar-refractivity contribution in [3.05, 3.63) is 31.9 Å². The highest BCUT2D eigenvalue weighted by Crippen LogP contribution is 2.26. The minimum absolute atomic E-state index is 0.161. The molecule has 1 aromatic carbocycles. The molecule has 1 aromatic rings. The average Bonchev–Trinajstić information content (AvgIpc) is 2.39. The first-order chi connectivity index (χ1) is 9.15. The van der Waals surface area contributed by atoms with Gasteiger partial charge in [0, 0.05) is 16.2 Å². The molecule has 0 saturated carbocycles. The Labute approximate surface area is 132 Å². The molecular formula is C13H19IN2O2S. The van der Waals surface area contributed by atoms with Gasteiger partial charge < -0.3 is 5.32 Å². The predicted molar refractivity (Wildman–Crippen MR) is 91.2 cm³/mol. The summed E-state index contributed by atoms with van der Waals surface area (Å²) < 4.78 is 0.881. The van der Waals surface area contributed by atoms with E-state index in [1.54, 1.807) is 12.1 Å². The Kier molecular flexibility index (Phi) is 8.20. The number of hydrogen-bond acceptors (Lipinski definition) is 4. The fraction of sp³-hybridized carbons (Fsp3) is 0.538. The first-order valence-electron chi connectivity index (χ1n) is 6.32. The molecule has 106 valence electrons. The molecule has 0 unspecified atom stereocenters. The van der Waals surface area contributed by atoms with Gasteiger partial charge in [-0.05, 0) is 59.6 Å². The number of halogens is 1. The van der Waals surface area contributed by atoms with Crippen molar-refractivity contribution in [2.75, 3.05) is 23.9 Å². The Morgan fingerprint density at radius 1 is 1.32 bits per heavy atom. The number of unbranched alkanes of at least 4 members (excludes halogenated alkanes) is 3. The maximum atomic E-state index is 10.9. The molecule has 0 aromatic heterocycles. The third-order valence-corrected chi connectivity index (χ3v) is 4.12. The van der Waals surface area contributed by atoms with Crippen LogP contribution in [0.25, 0.3) is 0 Å². The first kappa shape index (κ1) is 16.6. The Morgan fingerprint density at radius 3 is 2.74 bits per heavy atom. The lowest BCUT2D eigenvalue weighted by Crippen LogP contribution is -2.04. The van der Waals surface area contributed by atoms with E-state index in [0.29, 0.717) is 5.69 Å². The lowest BCUT2D eigenvalue weighted by molar-refractivity contribution is -0.384. The van der Waals surface area contributed by atoms with Crippen molar-refractivity contribution in [2.45, 2.75) is 25.7 Å². The third-order valence-electron chi connectivity index (χ3n) is 2.75. The average molecular weight is 394 g/mol. The summed E-state index contributed by atoms with van der Waals surface area (Å²) in [5.74, 6) is 1.22. The molecule has 1 N–H and O–H groups in total. The molecule has 0 atom stereocenters. The zero-order chi connectivity index (χ0) is 14.1. The van der Waals surface area contributed by atoms with Crippen molar-refractivity contribution in [3.63, 3.8) is 0 Å². The van der Waals surface area contributed by atoms with Crippen molar-refractivity contribution in [1.29, 1.82) is 0 Å². The Hall–Kier alpha value is -0.500. The van der Waals surface area contributed by atoms with Gasteiger partial charge in [0.2, 0.25) is 0 Å². The lowest BCUT2D eigenvalue weighted by Gasteiger charge is -2.07. The summed E-state index contributed by atoms with van der Waals surface area (Å²) in [6.07, 6.45) is 6.84. The molecule has 0 aliphatic carbocycles. The molecule has 6 heteroatoms. The van der Waals surface area contributed by atoms with Gasteiger partial charge in [0.1, 0.15) is 5.69 Å². The number of nitro benzene ring substituents is 1. The molecule has 4 nitrogen and oxygen atoms in total. The van der Waals surface area contributed by atoms with Gasteiger partial charge in [-0.25, -0.2) is 0 Å². The summed E-state index contributed by atoms with van der Waals surface area (Å²) in [4.78, 5) is 10.6. The number of hydrogen-bond donors (Lipinski definition) is 1. The van der Waals surface area contributed by atoms with E-state index in [9.17, 15) is 10.1 Å². The van der Waals surface area contributed by atoms with Crippen LogP contribution in [0.1, 0.15) is 25.7 Å². The van der Waals surface area contributed by atoms with Gasteiger partial charge >= 0.3 is 0 Å². The zero-order valence-corrected chi connectivity index (χ0v) is 14.0. The van der Waals surface area contributed by atoms with Gasteiger partial charge in [0.05, 0.1) is 4.92 Å². The smallest absolute Gasteiger partial charge is 0.293 e. The van der Waals surface area contributed by atoms with Crippen LogP contribution in [0.15, 0.2) is 18.2 Å². The summed E-state index contributed by atoms with van der Waals surface area (Å²) in [5, 5.41) is 14.1. The van der Waals surface area contributed by atoms with E-state index >= 15 is 0 Å². The third kappa shape index (κ3) is 6.47. The summed E-state index contributed by atoms with van der Waals surface area (Å²) in [5.41, 5.74) is 0.781. The minimum atomic E-state index is -0.330. The van der Waals surface area contributed by atoms with Gasteiger partial charge in [-0.3, -0.25) is 10.1 Å². The second kappa shape index (κ2) is 9.41. The standard InChI is InChI=1S/C13H19IN2O2S/c1-19-9-5-3-2-4-8-15-12-7-6-11(14)10-13(12)16(17)18/h6-7,10,15H,2-5,8-9H2,1H3. The highest BCUT2D eigenvalue weighted by molar-refractivity contribution is 14.1. The number of thioether (sulfide) groups is 1. The number of nitrogens with zero attached hydrogens (tertiary/aromatic N) is 1. The molecule has 0 aliphatic rings. The molecule has 0 spiro atoms. The molecule has 19 heavy (non-hydrogen) atoms. The van der Waals surface area contributed by atoms with Crippen molar-refractivity contribution in [3.8, 4) is 0 Å². The zero-order valence-electron chi connectivity index (χ0n) is 11.0. The highest BCUT2D eigenvalue weighted by Gasteiger charge is 2.13. The Balaban J connectivity index is 2.35.